The van der Waals surface area contributed by atoms with Crippen LogP contribution in [-0.4, -0.2) is 37.3 Å². The van der Waals surface area contributed by atoms with Crippen molar-refractivity contribution in [3.8, 4) is 0 Å². The van der Waals surface area contributed by atoms with Crippen molar-refractivity contribution < 1.29 is 9.90 Å². The molecule has 0 unspecified atom stereocenters. The number of carbonyl (C=O) groups excluding carboxylic acids is 1. The summed E-state index contributed by atoms with van der Waals surface area (Å²) in [5.74, 6) is 0.211. The lowest BCUT2D eigenvalue weighted by Gasteiger charge is -2.04. The molecule has 0 bridgehead atoms. The number of hydrogen-bond donors (Lipinski definition) is 3. The molecule has 4 nitrogen and oxygen atoms in total. The van der Waals surface area contributed by atoms with Gasteiger partial charge in [0.1, 0.15) is 0 Å². The van der Waals surface area contributed by atoms with Gasteiger partial charge in [-0.15, -0.1) is 0 Å². The Kier molecular flexibility index (Phi) is 21.9. The topological polar surface area (TPSA) is 61.4 Å². The zero-order valence-corrected chi connectivity index (χ0v) is 17.5. The predicted molar refractivity (Wildman–Crippen MR) is 113 cm³/mol. The molecule has 0 radical (unpaired) electrons. The van der Waals surface area contributed by atoms with E-state index in [0.717, 1.165) is 26.1 Å². The van der Waals surface area contributed by atoms with Gasteiger partial charge in [-0.3, -0.25) is 4.79 Å². The Bertz CT molecular complexity index is 285. The quantitative estimate of drug-likeness (QED) is 0.251. The highest BCUT2D eigenvalue weighted by Gasteiger charge is 1.99. The molecule has 0 heterocycles. The summed E-state index contributed by atoms with van der Waals surface area (Å²) in [7, 11) is 0. The minimum Gasteiger partial charge on any atom is -0.395 e. The van der Waals surface area contributed by atoms with Crippen LogP contribution in [0.1, 0.15) is 110 Å². The second-order valence-corrected chi connectivity index (χ2v) is 7.48. The summed E-state index contributed by atoms with van der Waals surface area (Å²) in [6, 6.07) is 0. The number of unbranched alkanes of at least 4 members (excludes halogenated alkanes) is 14. The average Bonchev–Trinajstić information content (AvgIpc) is 2.64. The highest BCUT2D eigenvalue weighted by Crippen LogP contribution is 2.13. The highest BCUT2D eigenvalue weighted by molar-refractivity contribution is 5.75. The standard InChI is InChI=1S/C22H46N2O2/c1-2-24-22(26)18-16-14-12-10-8-6-4-3-5-7-9-11-13-15-17-19-23-20-21-25/h23,25H,2-21H2,1H3,(H,24,26). The molecule has 0 rings (SSSR count). The van der Waals surface area contributed by atoms with E-state index in [1.165, 1.54) is 89.9 Å². The molecule has 0 aromatic carbocycles. The van der Waals surface area contributed by atoms with Crippen LogP contribution in [0.15, 0.2) is 0 Å². The van der Waals surface area contributed by atoms with Crippen LogP contribution in [0.2, 0.25) is 0 Å². The zero-order valence-electron chi connectivity index (χ0n) is 17.5. The number of aliphatic hydroxyl groups excluding tert-OH is 1. The third kappa shape index (κ3) is 21.4. The lowest BCUT2D eigenvalue weighted by Crippen LogP contribution is -2.21. The smallest absolute Gasteiger partial charge is 0.219 e. The van der Waals surface area contributed by atoms with Crippen LogP contribution in [0.3, 0.4) is 0 Å². The van der Waals surface area contributed by atoms with Crippen molar-refractivity contribution in [2.75, 3.05) is 26.2 Å². The third-order valence-electron chi connectivity index (χ3n) is 4.92. The van der Waals surface area contributed by atoms with Crippen LogP contribution < -0.4 is 10.6 Å². The maximum absolute atomic E-state index is 11.3. The summed E-state index contributed by atoms with van der Waals surface area (Å²) in [6.07, 6.45) is 20.7. The molecule has 0 saturated carbocycles. The van der Waals surface area contributed by atoms with Gasteiger partial charge >= 0.3 is 0 Å². The van der Waals surface area contributed by atoms with Gasteiger partial charge in [-0.2, -0.15) is 0 Å². The first-order chi connectivity index (χ1) is 12.8. The molecule has 0 aliphatic carbocycles. The number of amides is 1. The molecule has 0 aliphatic rings. The van der Waals surface area contributed by atoms with Crippen LogP contribution in [-0.2, 0) is 4.79 Å². The molecule has 3 N–H and O–H groups in total. The summed E-state index contributed by atoms with van der Waals surface area (Å²) in [4.78, 5) is 11.3. The first-order valence-electron chi connectivity index (χ1n) is 11.4. The Morgan fingerprint density at radius 1 is 0.654 bits per heavy atom. The second-order valence-electron chi connectivity index (χ2n) is 7.48. The highest BCUT2D eigenvalue weighted by atomic mass is 16.3. The van der Waals surface area contributed by atoms with E-state index in [9.17, 15) is 4.79 Å². The molecule has 0 fully saturated rings. The maximum Gasteiger partial charge on any atom is 0.219 e. The summed E-state index contributed by atoms with van der Waals surface area (Å²) >= 11 is 0. The Morgan fingerprint density at radius 3 is 1.50 bits per heavy atom. The second kappa shape index (κ2) is 22.4. The van der Waals surface area contributed by atoms with E-state index in [2.05, 4.69) is 10.6 Å². The van der Waals surface area contributed by atoms with Gasteiger partial charge in [0.2, 0.25) is 5.91 Å². The van der Waals surface area contributed by atoms with E-state index in [4.69, 9.17) is 5.11 Å². The van der Waals surface area contributed by atoms with Gasteiger partial charge in [0.05, 0.1) is 6.61 Å². The summed E-state index contributed by atoms with van der Waals surface area (Å²) < 4.78 is 0. The SMILES string of the molecule is CCNC(=O)CCCCCCCCCCCCCCCCCNCCO. The average molecular weight is 371 g/mol. The molecular formula is C22H46N2O2. The summed E-state index contributed by atoms with van der Waals surface area (Å²) in [6.45, 7) is 4.76. The van der Waals surface area contributed by atoms with Gasteiger partial charge in [0.25, 0.3) is 0 Å². The molecule has 0 atom stereocenters. The van der Waals surface area contributed by atoms with Gasteiger partial charge in [0, 0.05) is 19.5 Å². The van der Waals surface area contributed by atoms with Gasteiger partial charge in [0.15, 0.2) is 0 Å². The van der Waals surface area contributed by atoms with Gasteiger partial charge < -0.3 is 15.7 Å². The zero-order chi connectivity index (χ0) is 19.1. The van der Waals surface area contributed by atoms with Crippen molar-refractivity contribution in [3.05, 3.63) is 0 Å². The molecule has 0 spiro atoms. The molecule has 0 aromatic heterocycles. The fourth-order valence-electron chi connectivity index (χ4n) is 3.32. The van der Waals surface area contributed by atoms with Crippen molar-refractivity contribution in [1.82, 2.24) is 10.6 Å². The number of nitrogens with one attached hydrogen (secondary N) is 2. The number of carbonyl (C=O) groups is 1. The van der Waals surface area contributed by atoms with Gasteiger partial charge in [-0.05, 0) is 26.3 Å². The lowest BCUT2D eigenvalue weighted by molar-refractivity contribution is -0.121. The Labute approximate surface area is 162 Å². The third-order valence-corrected chi connectivity index (χ3v) is 4.92. The first kappa shape index (κ1) is 25.4. The molecule has 0 saturated heterocycles. The molecule has 0 aliphatic heterocycles. The monoisotopic (exact) mass is 370 g/mol. The predicted octanol–water partition coefficient (Wildman–Crippen LogP) is 4.95. The van der Waals surface area contributed by atoms with E-state index >= 15 is 0 Å². The largest absolute Gasteiger partial charge is 0.395 e. The summed E-state index contributed by atoms with van der Waals surface area (Å²) in [5, 5.41) is 14.7. The normalized spacial score (nSPS) is 11.0. The minimum atomic E-state index is 0.211. The van der Waals surface area contributed by atoms with Crippen LogP contribution >= 0.6 is 0 Å². The Balaban J connectivity index is 3.02. The van der Waals surface area contributed by atoms with Crippen molar-refractivity contribution in [2.45, 2.75) is 110 Å². The fourth-order valence-corrected chi connectivity index (χ4v) is 3.32. The number of aliphatic hydroxyl groups is 1. The number of hydrogen-bond acceptors (Lipinski definition) is 3. The van der Waals surface area contributed by atoms with E-state index in [0.29, 0.717) is 6.42 Å². The van der Waals surface area contributed by atoms with Crippen molar-refractivity contribution in [1.29, 1.82) is 0 Å². The van der Waals surface area contributed by atoms with Gasteiger partial charge in [-0.25, -0.2) is 0 Å². The van der Waals surface area contributed by atoms with Crippen LogP contribution in [0.4, 0.5) is 0 Å². The van der Waals surface area contributed by atoms with Crippen LogP contribution in [0, 0.1) is 0 Å². The molecule has 0 aromatic rings. The minimum absolute atomic E-state index is 0.211. The van der Waals surface area contributed by atoms with E-state index in [-0.39, 0.29) is 12.5 Å². The molecule has 4 heteroatoms. The Hall–Kier alpha value is -0.610. The number of rotatable bonds is 21. The van der Waals surface area contributed by atoms with E-state index in [1.807, 2.05) is 6.92 Å². The molecule has 156 valence electrons. The van der Waals surface area contributed by atoms with Gasteiger partial charge in [-0.1, -0.05) is 83.5 Å². The molecule has 1 amide bonds. The van der Waals surface area contributed by atoms with E-state index in [1.54, 1.807) is 0 Å². The van der Waals surface area contributed by atoms with Crippen LogP contribution in [0.25, 0.3) is 0 Å². The first-order valence-corrected chi connectivity index (χ1v) is 11.4. The van der Waals surface area contributed by atoms with E-state index < -0.39 is 0 Å². The fraction of sp³-hybridized carbons (Fsp3) is 0.955. The Morgan fingerprint density at radius 2 is 1.08 bits per heavy atom. The van der Waals surface area contributed by atoms with Crippen molar-refractivity contribution in [3.63, 3.8) is 0 Å². The lowest BCUT2D eigenvalue weighted by atomic mass is 10.0. The van der Waals surface area contributed by atoms with Crippen LogP contribution in [0.5, 0.6) is 0 Å². The summed E-state index contributed by atoms with van der Waals surface area (Å²) in [5.41, 5.74) is 0. The van der Waals surface area contributed by atoms with Crippen molar-refractivity contribution in [2.24, 2.45) is 0 Å². The molecule has 26 heavy (non-hydrogen) atoms. The van der Waals surface area contributed by atoms with Crippen molar-refractivity contribution >= 4 is 5.91 Å². The molecular weight excluding hydrogens is 324 g/mol. The maximum atomic E-state index is 11.3.